The van der Waals surface area contributed by atoms with Crippen molar-refractivity contribution in [1.82, 2.24) is 4.98 Å². The molecule has 3 heteroatoms. The van der Waals surface area contributed by atoms with Crippen LogP contribution in [0.3, 0.4) is 0 Å². The Morgan fingerprint density at radius 2 is 1.92 bits per heavy atom. The quantitative estimate of drug-likeness (QED) is 0.743. The summed E-state index contributed by atoms with van der Waals surface area (Å²) in [6.45, 7) is 0. The van der Waals surface area contributed by atoms with E-state index in [0.29, 0.717) is 4.80 Å². The average Bonchev–Trinajstić information content (AvgIpc) is 2.54. The standard InChI is InChI=1S/C9H6BrNO/c10-9-11-8(6-12-9)7-4-2-1-3-5-7/h1-6H. The Kier molecular flexibility index (Phi) is 1.96. The highest BCUT2D eigenvalue weighted by Gasteiger charge is 2.01. The van der Waals surface area contributed by atoms with Crippen molar-refractivity contribution in [2.75, 3.05) is 0 Å². The van der Waals surface area contributed by atoms with Gasteiger partial charge in [0.05, 0.1) is 0 Å². The van der Waals surface area contributed by atoms with Gasteiger partial charge in [0, 0.05) is 21.5 Å². The summed E-state index contributed by atoms with van der Waals surface area (Å²) < 4.78 is 5.02. The Labute approximate surface area is 78.4 Å². The molecule has 0 N–H and O–H groups in total. The first-order chi connectivity index (χ1) is 5.86. The average molecular weight is 224 g/mol. The van der Waals surface area contributed by atoms with Crippen LogP contribution in [0.15, 0.2) is 45.8 Å². The van der Waals surface area contributed by atoms with Gasteiger partial charge in [0.25, 0.3) is 4.80 Å². The zero-order valence-electron chi connectivity index (χ0n) is 6.20. The van der Waals surface area contributed by atoms with Crippen molar-refractivity contribution in [2.24, 2.45) is 0 Å². The van der Waals surface area contributed by atoms with E-state index in [1.54, 1.807) is 6.26 Å². The zero-order valence-corrected chi connectivity index (χ0v) is 7.78. The van der Waals surface area contributed by atoms with Crippen molar-refractivity contribution < 1.29 is 4.42 Å². The summed E-state index contributed by atoms with van der Waals surface area (Å²) in [5.74, 6) is 0. The number of oxazole rings is 1. The highest BCUT2D eigenvalue weighted by Crippen LogP contribution is 2.19. The maximum atomic E-state index is 5.02. The van der Waals surface area contributed by atoms with Gasteiger partial charge in [0.15, 0.2) is 0 Å². The molecule has 2 nitrogen and oxygen atoms in total. The molecular weight excluding hydrogens is 218 g/mol. The lowest BCUT2D eigenvalue weighted by atomic mass is 10.2. The topological polar surface area (TPSA) is 26.0 Å². The number of hydrogen-bond donors (Lipinski definition) is 0. The normalized spacial score (nSPS) is 10.1. The number of rotatable bonds is 1. The molecule has 0 bridgehead atoms. The first-order valence-corrected chi connectivity index (χ1v) is 4.32. The van der Waals surface area contributed by atoms with Gasteiger partial charge >= 0.3 is 0 Å². The fourth-order valence-corrected chi connectivity index (χ4v) is 1.28. The molecule has 2 rings (SSSR count). The van der Waals surface area contributed by atoms with E-state index >= 15 is 0 Å². The van der Waals surface area contributed by atoms with E-state index in [2.05, 4.69) is 20.9 Å². The van der Waals surface area contributed by atoms with Gasteiger partial charge in [-0.1, -0.05) is 30.3 Å². The minimum absolute atomic E-state index is 0.515. The Morgan fingerprint density at radius 3 is 2.50 bits per heavy atom. The molecule has 12 heavy (non-hydrogen) atoms. The van der Waals surface area contributed by atoms with Gasteiger partial charge in [0.1, 0.15) is 12.0 Å². The minimum Gasteiger partial charge on any atom is -0.439 e. The van der Waals surface area contributed by atoms with Crippen LogP contribution in [0.5, 0.6) is 0 Å². The lowest BCUT2D eigenvalue weighted by Gasteiger charge is -1.91. The third-order valence-electron chi connectivity index (χ3n) is 1.55. The molecule has 1 aromatic carbocycles. The number of nitrogens with zero attached hydrogens (tertiary/aromatic N) is 1. The van der Waals surface area contributed by atoms with Crippen LogP contribution in [-0.2, 0) is 0 Å². The van der Waals surface area contributed by atoms with Gasteiger partial charge in [-0.3, -0.25) is 0 Å². The highest BCUT2D eigenvalue weighted by molar-refractivity contribution is 9.10. The lowest BCUT2D eigenvalue weighted by Crippen LogP contribution is -1.74. The van der Waals surface area contributed by atoms with E-state index < -0.39 is 0 Å². The summed E-state index contributed by atoms with van der Waals surface area (Å²) in [4.78, 5) is 4.65. The third kappa shape index (κ3) is 1.41. The Hall–Kier alpha value is -1.09. The van der Waals surface area contributed by atoms with Crippen LogP contribution in [0.4, 0.5) is 0 Å². The van der Waals surface area contributed by atoms with Gasteiger partial charge in [0.2, 0.25) is 0 Å². The number of benzene rings is 1. The molecule has 0 atom stereocenters. The van der Waals surface area contributed by atoms with Crippen LogP contribution in [0.2, 0.25) is 0 Å². The summed E-state index contributed by atoms with van der Waals surface area (Å²) >= 11 is 3.15. The minimum atomic E-state index is 0.515. The number of aromatic nitrogens is 1. The third-order valence-corrected chi connectivity index (χ3v) is 1.91. The first kappa shape index (κ1) is 7.55. The van der Waals surface area contributed by atoms with Gasteiger partial charge in [-0.05, 0) is 0 Å². The predicted octanol–water partition coefficient (Wildman–Crippen LogP) is 3.10. The van der Waals surface area contributed by atoms with Crippen LogP contribution >= 0.6 is 15.9 Å². The molecular formula is C9H6BrNO. The molecule has 1 aromatic heterocycles. The van der Waals surface area contributed by atoms with E-state index in [9.17, 15) is 0 Å². The van der Waals surface area contributed by atoms with Gasteiger partial charge in [-0.15, -0.1) is 0 Å². The smallest absolute Gasteiger partial charge is 0.264 e. The summed E-state index contributed by atoms with van der Waals surface area (Å²) in [7, 11) is 0. The summed E-state index contributed by atoms with van der Waals surface area (Å²) in [6, 6.07) is 9.89. The van der Waals surface area contributed by atoms with E-state index in [4.69, 9.17) is 4.42 Å². The molecule has 0 aliphatic carbocycles. The van der Waals surface area contributed by atoms with Gasteiger partial charge in [-0.2, -0.15) is 0 Å². The number of halogens is 1. The van der Waals surface area contributed by atoms with Crippen molar-refractivity contribution in [1.29, 1.82) is 0 Å². The molecule has 0 saturated heterocycles. The Morgan fingerprint density at radius 1 is 1.17 bits per heavy atom. The molecule has 0 saturated carbocycles. The summed E-state index contributed by atoms with van der Waals surface area (Å²) in [6.07, 6.45) is 1.62. The van der Waals surface area contributed by atoms with E-state index in [-0.39, 0.29) is 0 Å². The van der Waals surface area contributed by atoms with Crippen molar-refractivity contribution in [3.05, 3.63) is 41.4 Å². The molecule has 0 amide bonds. The van der Waals surface area contributed by atoms with E-state index in [1.165, 1.54) is 0 Å². The lowest BCUT2D eigenvalue weighted by molar-refractivity contribution is 0.529. The van der Waals surface area contributed by atoms with Crippen LogP contribution in [0.1, 0.15) is 0 Å². The molecule has 0 radical (unpaired) electrons. The molecule has 0 aliphatic rings. The second-order valence-corrected chi connectivity index (χ2v) is 3.03. The van der Waals surface area contributed by atoms with Crippen LogP contribution in [0.25, 0.3) is 11.3 Å². The second kappa shape index (κ2) is 3.11. The monoisotopic (exact) mass is 223 g/mol. The van der Waals surface area contributed by atoms with Crippen molar-refractivity contribution in [3.8, 4) is 11.3 Å². The van der Waals surface area contributed by atoms with Crippen molar-refractivity contribution in [3.63, 3.8) is 0 Å². The molecule has 0 fully saturated rings. The van der Waals surface area contributed by atoms with E-state index in [0.717, 1.165) is 11.3 Å². The summed E-state index contributed by atoms with van der Waals surface area (Å²) in [5, 5.41) is 0. The molecule has 0 aliphatic heterocycles. The van der Waals surface area contributed by atoms with Crippen molar-refractivity contribution >= 4 is 15.9 Å². The maximum absolute atomic E-state index is 5.02. The Bertz CT molecular complexity index is 369. The SMILES string of the molecule is Brc1nc(-c2ccccc2)co1. The van der Waals surface area contributed by atoms with Crippen LogP contribution < -0.4 is 0 Å². The Balaban J connectivity index is 2.45. The van der Waals surface area contributed by atoms with Crippen molar-refractivity contribution in [2.45, 2.75) is 0 Å². The molecule has 60 valence electrons. The first-order valence-electron chi connectivity index (χ1n) is 3.53. The molecule has 2 aromatic rings. The van der Waals surface area contributed by atoms with Crippen LogP contribution in [0, 0.1) is 0 Å². The summed E-state index contributed by atoms with van der Waals surface area (Å²) in [5.41, 5.74) is 1.91. The second-order valence-electron chi connectivity index (χ2n) is 2.35. The largest absolute Gasteiger partial charge is 0.439 e. The molecule has 0 spiro atoms. The molecule has 0 unspecified atom stereocenters. The van der Waals surface area contributed by atoms with E-state index in [1.807, 2.05) is 30.3 Å². The van der Waals surface area contributed by atoms with Gasteiger partial charge < -0.3 is 4.42 Å². The zero-order chi connectivity index (χ0) is 8.39. The maximum Gasteiger partial charge on any atom is 0.264 e. The molecule has 1 heterocycles. The van der Waals surface area contributed by atoms with Gasteiger partial charge in [-0.25, -0.2) is 4.98 Å². The number of hydrogen-bond acceptors (Lipinski definition) is 2. The fourth-order valence-electron chi connectivity index (χ4n) is 0.993. The highest BCUT2D eigenvalue weighted by atomic mass is 79.9. The fraction of sp³-hybridized carbons (Fsp3) is 0. The van der Waals surface area contributed by atoms with Crippen LogP contribution in [-0.4, -0.2) is 4.98 Å². The predicted molar refractivity (Wildman–Crippen MR) is 49.6 cm³/mol.